The van der Waals surface area contributed by atoms with Crippen molar-refractivity contribution in [1.82, 2.24) is 10.6 Å². The summed E-state index contributed by atoms with van der Waals surface area (Å²) >= 11 is 0. The zero-order valence-electron chi connectivity index (χ0n) is 10.4. The van der Waals surface area contributed by atoms with Gasteiger partial charge in [0.2, 0.25) is 0 Å². The van der Waals surface area contributed by atoms with Gasteiger partial charge in [0.05, 0.1) is 21.1 Å². The maximum absolute atomic E-state index is 6.09. The van der Waals surface area contributed by atoms with Crippen LogP contribution in [0.15, 0.2) is 0 Å². The van der Waals surface area contributed by atoms with Crippen LogP contribution in [0.3, 0.4) is 0 Å². The minimum absolute atomic E-state index is 0.235. The Morgan fingerprint density at radius 3 is 2.47 bits per heavy atom. The van der Waals surface area contributed by atoms with Crippen molar-refractivity contribution < 1.29 is 4.48 Å². The van der Waals surface area contributed by atoms with Crippen LogP contribution in [0, 0.1) is 0 Å². The first kappa shape index (κ1) is 12.9. The van der Waals surface area contributed by atoms with Crippen LogP contribution >= 0.6 is 0 Å². The van der Waals surface area contributed by atoms with Gasteiger partial charge in [0.1, 0.15) is 6.17 Å². The maximum Gasteiger partial charge on any atom is 0.140 e. The van der Waals surface area contributed by atoms with Crippen LogP contribution in [0.4, 0.5) is 0 Å². The molecule has 4 heteroatoms. The topological polar surface area (TPSA) is 50.1 Å². The van der Waals surface area contributed by atoms with Crippen LogP contribution in [0.1, 0.15) is 19.3 Å². The van der Waals surface area contributed by atoms with Crippen LogP contribution < -0.4 is 16.4 Å². The standard InChI is InChI=1S/C11H27N4/c1-15(2,3)11(12)6-9-14-10-4-7-13-8-5-10/h10-11,13-14H,4-9,12H2,1-3H3/q+1. The van der Waals surface area contributed by atoms with Gasteiger partial charge in [-0.2, -0.15) is 0 Å². The molecule has 0 aromatic carbocycles. The molecule has 1 atom stereocenters. The maximum atomic E-state index is 6.09. The van der Waals surface area contributed by atoms with E-state index in [9.17, 15) is 0 Å². The van der Waals surface area contributed by atoms with Crippen LogP contribution in [-0.2, 0) is 0 Å². The van der Waals surface area contributed by atoms with Crippen LogP contribution in [-0.4, -0.2) is 57.5 Å². The molecule has 1 rings (SSSR count). The Labute approximate surface area is 93.8 Å². The molecular weight excluding hydrogens is 188 g/mol. The number of nitrogens with one attached hydrogen (secondary N) is 2. The highest BCUT2D eigenvalue weighted by Crippen LogP contribution is 2.04. The average molecular weight is 215 g/mol. The Bertz CT molecular complexity index is 170. The summed E-state index contributed by atoms with van der Waals surface area (Å²) in [7, 11) is 6.44. The average Bonchev–Trinajstić information content (AvgIpc) is 2.18. The van der Waals surface area contributed by atoms with Gasteiger partial charge in [-0.3, -0.25) is 5.73 Å². The molecule has 0 saturated carbocycles. The van der Waals surface area contributed by atoms with E-state index >= 15 is 0 Å². The smallest absolute Gasteiger partial charge is 0.140 e. The molecule has 1 heterocycles. The van der Waals surface area contributed by atoms with Gasteiger partial charge in [0, 0.05) is 19.0 Å². The number of hydrogen-bond donors (Lipinski definition) is 3. The molecule has 1 aliphatic rings. The minimum atomic E-state index is 0.235. The van der Waals surface area contributed by atoms with E-state index in [0.29, 0.717) is 6.04 Å². The second kappa shape index (κ2) is 5.80. The van der Waals surface area contributed by atoms with Crippen molar-refractivity contribution >= 4 is 0 Å². The molecule has 1 unspecified atom stereocenters. The molecule has 4 nitrogen and oxygen atoms in total. The fourth-order valence-corrected chi connectivity index (χ4v) is 1.85. The van der Waals surface area contributed by atoms with E-state index in [-0.39, 0.29) is 6.17 Å². The summed E-state index contributed by atoms with van der Waals surface area (Å²) < 4.78 is 0.841. The van der Waals surface area contributed by atoms with Crippen LogP contribution in [0.25, 0.3) is 0 Å². The number of hydrogen-bond acceptors (Lipinski definition) is 3. The van der Waals surface area contributed by atoms with Gasteiger partial charge in [-0.1, -0.05) is 0 Å². The predicted octanol–water partition coefficient (Wildman–Crippen LogP) is -0.291. The third-order valence-corrected chi connectivity index (χ3v) is 3.21. The molecule has 0 aromatic heterocycles. The summed E-state index contributed by atoms with van der Waals surface area (Å²) in [5, 5.41) is 6.96. The summed E-state index contributed by atoms with van der Waals surface area (Å²) in [6.07, 6.45) is 3.78. The van der Waals surface area contributed by atoms with Gasteiger partial charge in [-0.05, 0) is 25.9 Å². The Hall–Kier alpha value is -0.160. The Morgan fingerprint density at radius 1 is 1.33 bits per heavy atom. The fraction of sp³-hybridized carbons (Fsp3) is 1.00. The van der Waals surface area contributed by atoms with E-state index in [0.717, 1.165) is 30.5 Å². The summed E-state index contributed by atoms with van der Waals surface area (Å²) in [6.45, 7) is 3.35. The summed E-state index contributed by atoms with van der Waals surface area (Å²) in [6, 6.07) is 0.700. The van der Waals surface area contributed by atoms with Crippen LogP contribution in [0.5, 0.6) is 0 Å². The van der Waals surface area contributed by atoms with Crippen molar-refractivity contribution in [2.45, 2.75) is 31.5 Å². The zero-order chi connectivity index (χ0) is 11.3. The van der Waals surface area contributed by atoms with Gasteiger partial charge in [0.15, 0.2) is 0 Å². The number of quaternary nitrogens is 1. The van der Waals surface area contributed by atoms with Gasteiger partial charge >= 0.3 is 0 Å². The van der Waals surface area contributed by atoms with Gasteiger partial charge < -0.3 is 15.1 Å². The molecule has 0 aliphatic carbocycles. The zero-order valence-corrected chi connectivity index (χ0v) is 10.4. The minimum Gasteiger partial charge on any atom is -0.317 e. The molecular formula is C11H27N4+. The number of nitrogens with two attached hydrogens (primary N) is 1. The van der Waals surface area contributed by atoms with Crippen molar-refractivity contribution in [3.8, 4) is 0 Å². The van der Waals surface area contributed by atoms with E-state index in [1.807, 2.05) is 0 Å². The normalized spacial score (nSPS) is 21.6. The molecule has 1 fully saturated rings. The first-order valence-corrected chi connectivity index (χ1v) is 6.01. The number of rotatable bonds is 5. The Kier molecular flexibility index (Phi) is 4.99. The summed E-state index contributed by atoms with van der Waals surface area (Å²) in [4.78, 5) is 0. The SMILES string of the molecule is C[N+](C)(C)C(N)CCNC1CCNCC1. The van der Waals surface area contributed by atoms with E-state index in [1.54, 1.807) is 0 Å². The van der Waals surface area contributed by atoms with E-state index < -0.39 is 0 Å². The monoisotopic (exact) mass is 215 g/mol. The van der Waals surface area contributed by atoms with Gasteiger partial charge in [0.25, 0.3) is 0 Å². The lowest BCUT2D eigenvalue weighted by atomic mass is 10.1. The molecule has 0 aromatic rings. The third kappa shape index (κ3) is 4.93. The molecule has 0 spiro atoms. The molecule has 4 N–H and O–H groups in total. The molecule has 1 saturated heterocycles. The molecule has 0 amide bonds. The first-order chi connectivity index (χ1) is 7.00. The van der Waals surface area contributed by atoms with Crippen molar-refractivity contribution in [3.63, 3.8) is 0 Å². The Morgan fingerprint density at radius 2 is 1.93 bits per heavy atom. The van der Waals surface area contributed by atoms with Crippen molar-refractivity contribution in [3.05, 3.63) is 0 Å². The highest BCUT2D eigenvalue weighted by Gasteiger charge is 2.19. The number of nitrogens with zero attached hydrogens (tertiary/aromatic N) is 1. The third-order valence-electron chi connectivity index (χ3n) is 3.21. The molecule has 90 valence electrons. The molecule has 0 radical (unpaired) electrons. The lowest BCUT2D eigenvalue weighted by molar-refractivity contribution is -0.896. The fourth-order valence-electron chi connectivity index (χ4n) is 1.85. The van der Waals surface area contributed by atoms with Crippen LogP contribution in [0.2, 0.25) is 0 Å². The highest BCUT2D eigenvalue weighted by atomic mass is 15.4. The molecule has 0 bridgehead atoms. The van der Waals surface area contributed by atoms with Crippen molar-refractivity contribution in [1.29, 1.82) is 0 Å². The lowest BCUT2D eigenvalue weighted by Gasteiger charge is -2.32. The second-order valence-electron chi connectivity index (χ2n) is 5.45. The lowest BCUT2D eigenvalue weighted by Crippen LogP contribution is -2.52. The van der Waals surface area contributed by atoms with E-state index in [4.69, 9.17) is 5.73 Å². The highest BCUT2D eigenvalue weighted by molar-refractivity contribution is 4.74. The van der Waals surface area contributed by atoms with Gasteiger partial charge in [-0.15, -0.1) is 0 Å². The first-order valence-electron chi connectivity index (χ1n) is 6.01. The van der Waals surface area contributed by atoms with E-state index in [2.05, 4.69) is 31.8 Å². The quantitative estimate of drug-likeness (QED) is 0.436. The van der Waals surface area contributed by atoms with E-state index in [1.165, 1.54) is 12.8 Å². The summed E-state index contributed by atoms with van der Waals surface area (Å²) in [5.41, 5.74) is 6.09. The Balaban J connectivity index is 2.10. The summed E-state index contributed by atoms with van der Waals surface area (Å²) in [5.74, 6) is 0. The van der Waals surface area contributed by atoms with Crippen molar-refractivity contribution in [2.75, 3.05) is 40.8 Å². The second-order valence-corrected chi connectivity index (χ2v) is 5.45. The van der Waals surface area contributed by atoms with Crippen molar-refractivity contribution in [2.24, 2.45) is 5.73 Å². The van der Waals surface area contributed by atoms with Gasteiger partial charge in [-0.25, -0.2) is 0 Å². The molecule has 1 aliphatic heterocycles. The number of piperidine rings is 1. The molecule has 15 heavy (non-hydrogen) atoms. The predicted molar refractivity (Wildman–Crippen MR) is 64.5 cm³/mol. The largest absolute Gasteiger partial charge is 0.317 e.